The van der Waals surface area contributed by atoms with Crippen LogP contribution in [0.2, 0.25) is 0 Å². The highest BCUT2D eigenvalue weighted by atomic mass is 16.6. The van der Waals surface area contributed by atoms with Crippen molar-refractivity contribution in [3.63, 3.8) is 0 Å². The molecule has 5 rings (SSSR count). The van der Waals surface area contributed by atoms with E-state index in [2.05, 4.69) is 6.92 Å². The van der Waals surface area contributed by atoms with Gasteiger partial charge in [0, 0.05) is 35.5 Å². The molecule has 4 fully saturated rings. The number of ether oxygens (including phenoxy) is 3. The average molecular weight is 614 g/mol. The number of hydrogen-bond donors (Lipinski definition) is 0. The van der Waals surface area contributed by atoms with Gasteiger partial charge in [-0.1, -0.05) is 33.3 Å². The summed E-state index contributed by atoms with van der Waals surface area (Å²) in [4.78, 5) is 70.3. The lowest BCUT2D eigenvalue weighted by molar-refractivity contribution is -0.195. The van der Waals surface area contributed by atoms with Crippen molar-refractivity contribution in [3.8, 4) is 0 Å². The fourth-order valence-electron chi connectivity index (χ4n) is 9.97. The van der Waals surface area contributed by atoms with Gasteiger partial charge >= 0.3 is 12.1 Å². The fourth-order valence-corrected chi connectivity index (χ4v) is 9.97. The molecule has 44 heavy (non-hydrogen) atoms. The van der Waals surface area contributed by atoms with Crippen LogP contribution in [-0.2, 0) is 33.4 Å². The Morgan fingerprint density at radius 3 is 2.41 bits per heavy atom. The van der Waals surface area contributed by atoms with Gasteiger partial charge in [-0.15, -0.1) is 0 Å². The molecule has 0 aromatic heterocycles. The molecule has 0 radical (unpaired) electrons. The van der Waals surface area contributed by atoms with Crippen molar-refractivity contribution in [1.29, 1.82) is 0 Å². The summed E-state index contributed by atoms with van der Waals surface area (Å²) in [5.74, 6) is -1.50. The van der Waals surface area contributed by atoms with E-state index in [9.17, 15) is 24.0 Å². The van der Waals surface area contributed by atoms with Crippen LogP contribution in [-0.4, -0.2) is 65.4 Å². The van der Waals surface area contributed by atoms with Crippen molar-refractivity contribution < 1.29 is 38.2 Å². The number of carbonyl (C=O) groups excluding carboxylic acids is 5. The Kier molecular flexibility index (Phi) is 8.04. The van der Waals surface area contributed by atoms with Crippen LogP contribution in [0.25, 0.3) is 0 Å². The molecule has 0 unspecified atom stereocenters. The van der Waals surface area contributed by atoms with Crippen LogP contribution >= 0.6 is 0 Å². The molecule has 0 aromatic rings. The van der Waals surface area contributed by atoms with Crippen molar-refractivity contribution >= 4 is 29.4 Å². The monoisotopic (exact) mass is 613 g/mol. The molecule has 9 heteroatoms. The van der Waals surface area contributed by atoms with Gasteiger partial charge in [-0.3, -0.25) is 24.1 Å². The SMILES string of the molecule is COC(=O)C[C@@]1(C)[C@H]2C(=O)C[C@@H]3C(=O)C=C(C)C[C@H]3[C@]2(C)CC(=O)[C@@]1(C)CC[C@]12C[C@@H](C)C[C@@H](CN1C(=O)OC(C)(C)C)O2. The van der Waals surface area contributed by atoms with E-state index in [4.69, 9.17) is 14.2 Å². The number of Topliss-reactive ketones (excluding diaryl/α,β-unsaturated/α-hetero) is 2. The van der Waals surface area contributed by atoms with Crippen molar-refractivity contribution in [1.82, 2.24) is 4.90 Å². The van der Waals surface area contributed by atoms with Gasteiger partial charge in [-0.05, 0) is 83.1 Å². The molecule has 2 bridgehead atoms. The second-order valence-corrected chi connectivity index (χ2v) is 16.3. The Hall–Kier alpha value is -2.55. The smallest absolute Gasteiger partial charge is 0.412 e. The Morgan fingerprint density at radius 1 is 1.09 bits per heavy atom. The van der Waals surface area contributed by atoms with Crippen LogP contribution in [0, 0.1) is 39.9 Å². The van der Waals surface area contributed by atoms with E-state index in [-0.39, 0.29) is 48.6 Å². The van der Waals surface area contributed by atoms with E-state index in [0.29, 0.717) is 38.1 Å². The highest BCUT2D eigenvalue weighted by Gasteiger charge is 2.70. The number of amides is 1. The van der Waals surface area contributed by atoms with E-state index in [1.165, 1.54) is 7.11 Å². The maximum absolute atomic E-state index is 14.6. The molecular formula is C35H51NO8. The van der Waals surface area contributed by atoms with Gasteiger partial charge in [0.1, 0.15) is 22.9 Å². The number of hydrogen-bond acceptors (Lipinski definition) is 8. The number of fused-ring (bicyclic) bond motifs is 5. The Morgan fingerprint density at radius 2 is 1.77 bits per heavy atom. The van der Waals surface area contributed by atoms with E-state index >= 15 is 0 Å². The first-order valence-electron chi connectivity index (χ1n) is 16.3. The van der Waals surface area contributed by atoms with Crippen LogP contribution in [0.15, 0.2) is 11.6 Å². The number of methoxy groups -OCH3 is 1. The number of carbonyl (C=O) groups is 5. The molecule has 9 atom stereocenters. The number of allylic oxidation sites excluding steroid dienone is 2. The summed E-state index contributed by atoms with van der Waals surface area (Å²) in [6.45, 7) is 15.8. The number of rotatable bonds is 5. The molecule has 244 valence electrons. The molecule has 5 aliphatic rings. The lowest BCUT2D eigenvalue weighted by Crippen LogP contribution is -2.67. The second kappa shape index (κ2) is 10.8. The molecule has 2 saturated carbocycles. The highest BCUT2D eigenvalue weighted by Crippen LogP contribution is 2.68. The first kappa shape index (κ1) is 32.8. The minimum absolute atomic E-state index is 0.0191. The third-order valence-electron chi connectivity index (χ3n) is 12.1. The first-order valence-corrected chi connectivity index (χ1v) is 16.3. The minimum atomic E-state index is -1.09. The number of nitrogens with zero attached hydrogens (tertiary/aromatic N) is 1. The average Bonchev–Trinajstić information content (AvgIpc) is 3.16. The summed E-state index contributed by atoms with van der Waals surface area (Å²) >= 11 is 0. The van der Waals surface area contributed by atoms with Gasteiger partial charge in [-0.25, -0.2) is 4.79 Å². The van der Waals surface area contributed by atoms with Crippen LogP contribution in [0.4, 0.5) is 4.79 Å². The standard InChI is InChI=1S/C35H51NO8/c1-20-13-24-23(25(37)14-20)15-26(38)29-32(24,6)17-27(39)33(7,34(29,8)18-28(40)42-9)10-11-35-16-21(2)12-22(43-35)19-36(35)30(41)44-31(3,4)5/h14,21-24,29H,10-13,15-19H2,1-9H3/t21-,22-,23-,24+,29-,32-,33+,34-,35-/m0/s1. The summed E-state index contributed by atoms with van der Waals surface area (Å²) in [6.07, 6.45) is 4.06. The van der Waals surface area contributed by atoms with Gasteiger partial charge in [0.25, 0.3) is 0 Å². The van der Waals surface area contributed by atoms with Crippen molar-refractivity contribution in [3.05, 3.63) is 11.6 Å². The molecule has 0 N–H and O–H groups in total. The molecule has 3 aliphatic carbocycles. The normalized spacial score (nSPS) is 41.9. The van der Waals surface area contributed by atoms with E-state index in [1.807, 2.05) is 48.5 Å². The summed E-state index contributed by atoms with van der Waals surface area (Å²) in [6, 6.07) is 0. The van der Waals surface area contributed by atoms with E-state index in [1.54, 1.807) is 11.0 Å². The number of esters is 1. The van der Waals surface area contributed by atoms with Gasteiger partial charge in [0.05, 0.1) is 26.2 Å². The van der Waals surface area contributed by atoms with Crippen molar-refractivity contribution in [2.75, 3.05) is 13.7 Å². The molecule has 0 spiro atoms. The van der Waals surface area contributed by atoms with Gasteiger partial charge in [-0.2, -0.15) is 0 Å². The maximum atomic E-state index is 14.6. The zero-order chi connectivity index (χ0) is 32.6. The van der Waals surface area contributed by atoms with Gasteiger partial charge in [0.2, 0.25) is 0 Å². The highest BCUT2D eigenvalue weighted by molar-refractivity contribution is 6.00. The van der Waals surface area contributed by atoms with E-state index < -0.39 is 51.5 Å². The zero-order valence-corrected chi connectivity index (χ0v) is 28.0. The Bertz CT molecular complexity index is 1300. The molecule has 1 amide bonds. The molecular weight excluding hydrogens is 562 g/mol. The second-order valence-electron chi connectivity index (χ2n) is 16.3. The molecule has 9 nitrogen and oxygen atoms in total. The zero-order valence-electron chi connectivity index (χ0n) is 28.0. The third kappa shape index (κ3) is 5.15. The lowest BCUT2D eigenvalue weighted by Gasteiger charge is -2.64. The Labute approximate surface area is 261 Å². The molecule has 0 aromatic carbocycles. The fraction of sp³-hybridized carbons (Fsp3) is 0.800. The van der Waals surface area contributed by atoms with Crippen LogP contribution in [0.1, 0.15) is 107 Å². The minimum Gasteiger partial charge on any atom is -0.469 e. The molecule has 2 heterocycles. The summed E-state index contributed by atoms with van der Waals surface area (Å²) < 4.78 is 17.6. The topological polar surface area (TPSA) is 116 Å². The lowest BCUT2D eigenvalue weighted by atomic mass is 9.37. The first-order chi connectivity index (χ1) is 20.3. The summed E-state index contributed by atoms with van der Waals surface area (Å²) in [5, 5.41) is 0. The molecule has 2 saturated heterocycles. The summed E-state index contributed by atoms with van der Waals surface area (Å²) in [7, 11) is 1.33. The third-order valence-corrected chi connectivity index (χ3v) is 12.1. The van der Waals surface area contributed by atoms with Gasteiger partial charge in [0.15, 0.2) is 5.78 Å². The van der Waals surface area contributed by atoms with Crippen LogP contribution in [0.5, 0.6) is 0 Å². The predicted molar refractivity (Wildman–Crippen MR) is 162 cm³/mol. The predicted octanol–water partition coefficient (Wildman–Crippen LogP) is 5.82. The van der Waals surface area contributed by atoms with Crippen molar-refractivity contribution in [2.24, 2.45) is 39.9 Å². The largest absolute Gasteiger partial charge is 0.469 e. The van der Waals surface area contributed by atoms with E-state index in [0.717, 1.165) is 12.0 Å². The number of likely N-dealkylation sites (tertiary alicyclic amines) is 1. The summed E-state index contributed by atoms with van der Waals surface area (Å²) in [5.41, 5.74) is -3.60. The van der Waals surface area contributed by atoms with Crippen LogP contribution in [0.3, 0.4) is 0 Å². The van der Waals surface area contributed by atoms with Gasteiger partial charge < -0.3 is 14.2 Å². The quantitative estimate of drug-likeness (QED) is 0.356. The molecule has 2 aliphatic heterocycles. The van der Waals surface area contributed by atoms with Crippen molar-refractivity contribution in [2.45, 2.75) is 124 Å². The Balaban J connectivity index is 1.54. The number of ketones is 3. The maximum Gasteiger partial charge on any atom is 0.412 e. The van der Waals surface area contributed by atoms with Crippen LogP contribution < -0.4 is 0 Å².